The Morgan fingerprint density at radius 3 is 2.48 bits per heavy atom. The van der Waals surface area contributed by atoms with Crippen LogP contribution in [0.4, 0.5) is 0 Å². The fraction of sp³-hybridized carbons (Fsp3) is 0.267. The van der Waals surface area contributed by atoms with E-state index in [1.807, 2.05) is 10.9 Å². The number of nitrogens with one attached hydrogen (secondary N) is 2. The molecular weight excluding hydrogens is 348 g/mol. The Morgan fingerprint density at radius 2 is 1.96 bits per heavy atom. The fourth-order valence-electron chi connectivity index (χ4n) is 1.99. The molecule has 2 N–H and O–H groups in total. The first-order valence-corrected chi connectivity index (χ1v) is 8.64. The van der Waals surface area contributed by atoms with Crippen molar-refractivity contribution in [3.05, 3.63) is 41.3 Å². The molecule has 0 saturated heterocycles. The molecule has 1 aromatic heterocycles. The number of hydrogen-bond donors (Lipinski definition) is 2. The van der Waals surface area contributed by atoms with Crippen LogP contribution in [-0.2, 0) is 14.8 Å². The molecule has 1 heterocycles. The average molecular weight is 364 g/mol. The van der Waals surface area contributed by atoms with E-state index in [-0.39, 0.29) is 16.3 Å². The molecular formula is C15H16N4O5S. The third-order valence-corrected chi connectivity index (χ3v) is 4.70. The Hall–Kier alpha value is -2.90. The summed E-state index contributed by atoms with van der Waals surface area (Å²) in [4.78, 5) is 13.8. The smallest absolute Gasteiger partial charge is 0.275 e. The Balaban J connectivity index is 1.98. The minimum atomic E-state index is -4.02. The molecule has 0 aliphatic carbocycles. The van der Waals surface area contributed by atoms with Crippen molar-refractivity contribution in [1.29, 1.82) is 5.26 Å². The number of hydrazine groups is 1. The summed E-state index contributed by atoms with van der Waals surface area (Å²) >= 11 is 0. The van der Waals surface area contributed by atoms with E-state index in [0.29, 0.717) is 11.3 Å². The van der Waals surface area contributed by atoms with E-state index in [1.165, 1.54) is 32.9 Å². The van der Waals surface area contributed by atoms with E-state index in [2.05, 4.69) is 10.6 Å². The molecule has 1 amide bonds. The van der Waals surface area contributed by atoms with Crippen molar-refractivity contribution in [2.75, 3.05) is 0 Å². The molecule has 1 atom stereocenters. The molecule has 2 rings (SSSR count). The Morgan fingerprint density at radius 1 is 1.32 bits per heavy atom. The van der Waals surface area contributed by atoms with Gasteiger partial charge in [-0.2, -0.15) is 5.26 Å². The quantitative estimate of drug-likeness (QED) is 0.728. The van der Waals surface area contributed by atoms with Crippen molar-refractivity contribution in [2.24, 2.45) is 0 Å². The summed E-state index contributed by atoms with van der Waals surface area (Å²) in [6.07, 6.45) is -0.972. The van der Waals surface area contributed by atoms with Crippen molar-refractivity contribution in [3.8, 4) is 11.8 Å². The second-order valence-electron chi connectivity index (χ2n) is 5.14. The molecule has 10 heteroatoms. The van der Waals surface area contributed by atoms with Gasteiger partial charge in [-0.05, 0) is 45.0 Å². The molecule has 9 nitrogen and oxygen atoms in total. The SMILES string of the molecule is Cc1noc(C)c1S(=O)(=O)NNC(=O)[C@H](C)Oc1ccc(C#N)cc1. The largest absolute Gasteiger partial charge is 0.481 e. The van der Waals surface area contributed by atoms with Crippen LogP contribution in [0.25, 0.3) is 0 Å². The van der Waals surface area contributed by atoms with Gasteiger partial charge in [0.2, 0.25) is 0 Å². The lowest BCUT2D eigenvalue weighted by atomic mass is 10.2. The minimum absolute atomic E-state index is 0.112. The molecule has 0 spiro atoms. The van der Waals surface area contributed by atoms with Gasteiger partial charge in [0.15, 0.2) is 11.9 Å². The van der Waals surface area contributed by atoms with Gasteiger partial charge in [0.25, 0.3) is 15.9 Å². The lowest BCUT2D eigenvalue weighted by Gasteiger charge is -2.15. The van der Waals surface area contributed by atoms with Gasteiger partial charge in [0, 0.05) is 0 Å². The maximum Gasteiger partial charge on any atom is 0.275 e. The van der Waals surface area contributed by atoms with E-state index < -0.39 is 22.0 Å². The van der Waals surface area contributed by atoms with Crippen LogP contribution in [0.15, 0.2) is 33.7 Å². The molecule has 0 unspecified atom stereocenters. The van der Waals surface area contributed by atoms with Crippen LogP contribution in [0.2, 0.25) is 0 Å². The number of rotatable bonds is 6. The van der Waals surface area contributed by atoms with E-state index in [0.717, 1.165) is 0 Å². The number of amides is 1. The maximum absolute atomic E-state index is 12.2. The van der Waals surface area contributed by atoms with Crippen LogP contribution in [0.5, 0.6) is 5.75 Å². The number of carbonyl (C=O) groups is 1. The molecule has 0 fully saturated rings. The highest BCUT2D eigenvalue weighted by Gasteiger charge is 2.25. The first kappa shape index (κ1) is 18.4. The average Bonchev–Trinajstić information content (AvgIpc) is 2.92. The van der Waals surface area contributed by atoms with Gasteiger partial charge in [0.05, 0.1) is 11.6 Å². The zero-order valence-corrected chi connectivity index (χ0v) is 14.5. The Labute approximate surface area is 144 Å². The minimum Gasteiger partial charge on any atom is -0.481 e. The number of ether oxygens (including phenoxy) is 1. The number of sulfonamides is 1. The highest BCUT2D eigenvalue weighted by atomic mass is 32.2. The fourth-order valence-corrected chi connectivity index (χ4v) is 3.17. The molecule has 1 aromatic carbocycles. The van der Waals surface area contributed by atoms with Crippen molar-refractivity contribution < 1.29 is 22.5 Å². The predicted molar refractivity (Wildman–Crippen MR) is 85.7 cm³/mol. The van der Waals surface area contributed by atoms with Crippen molar-refractivity contribution in [2.45, 2.75) is 31.8 Å². The van der Waals surface area contributed by atoms with Crippen LogP contribution in [-0.4, -0.2) is 25.6 Å². The summed E-state index contributed by atoms with van der Waals surface area (Å²) in [5.74, 6) is -0.212. The van der Waals surface area contributed by atoms with Crippen LogP contribution < -0.4 is 15.0 Å². The number of nitrogens with zero attached hydrogens (tertiary/aromatic N) is 2. The van der Waals surface area contributed by atoms with E-state index in [4.69, 9.17) is 14.5 Å². The summed E-state index contributed by atoms with van der Waals surface area (Å²) in [5.41, 5.74) is 2.72. The lowest BCUT2D eigenvalue weighted by molar-refractivity contribution is -0.127. The van der Waals surface area contributed by atoms with Crippen LogP contribution >= 0.6 is 0 Å². The number of nitriles is 1. The topological polar surface area (TPSA) is 134 Å². The first-order chi connectivity index (χ1) is 11.7. The van der Waals surface area contributed by atoms with Gasteiger partial charge in [0.1, 0.15) is 16.3 Å². The van der Waals surface area contributed by atoms with E-state index >= 15 is 0 Å². The van der Waals surface area contributed by atoms with Gasteiger partial charge in [-0.15, -0.1) is 4.83 Å². The normalized spacial score (nSPS) is 12.2. The summed E-state index contributed by atoms with van der Waals surface area (Å²) < 4.78 is 34.6. The van der Waals surface area contributed by atoms with Crippen LogP contribution in [0.3, 0.4) is 0 Å². The number of aromatic nitrogens is 1. The molecule has 25 heavy (non-hydrogen) atoms. The summed E-state index contributed by atoms with van der Waals surface area (Å²) in [6, 6.07) is 8.12. The van der Waals surface area contributed by atoms with Crippen molar-refractivity contribution in [1.82, 2.24) is 15.4 Å². The molecule has 132 valence electrons. The highest BCUT2D eigenvalue weighted by Crippen LogP contribution is 2.18. The van der Waals surface area contributed by atoms with Gasteiger partial charge < -0.3 is 9.26 Å². The van der Waals surface area contributed by atoms with Crippen molar-refractivity contribution in [3.63, 3.8) is 0 Å². The van der Waals surface area contributed by atoms with Gasteiger partial charge in [-0.3, -0.25) is 10.2 Å². The molecule has 0 bridgehead atoms. The Kier molecular flexibility index (Phi) is 5.41. The van der Waals surface area contributed by atoms with Crippen LogP contribution in [0, 0.1) is 25.2 Å². The maximum atomic E-state index is 12.2. The van der Waals surface area contributed by atoms with Gasteiger partial charge in [-0.25, -0.2) is 8.42 Å². The molecule has 0 aliphatic heterocycles. The van der Waals surface area contributed by atoms with E-state index in [9.17, 15) is 13.2 Å². The Bertz CT molecular complexity index is 893. The van der Waals surface area contributed by atoms with Crippen LogP contribution in [0.1, 0.15) is 23.9 Å². The molecule has 0 saturated carbocycles. The zero-order valence-electron chi connectivity index (χ0n) is 13.7. The summed E-state index contributed by atoms with van der Waals surface area (Å²) in [6.45, 7) is 4.38. The summed E-state index contributed by atoms with van der Waals surface area (Å²) in [5, 5.41) is 12.3. The highest BCUT2D eigenvalue weighted by molar-refractivity contribution is 7.89. The lowest BCUT2D eigenvalue weighted by Crippen LogP contribution is -2.47. The number of carbonyl (C=O) groups excluding carboxylic acids is 1. The number of benzene rings is 1. The standard InChI is InChI=1S/C15H16N4O5S/c1-9-14(10(2)24-18-9)25(21,22)19-17-15(20)11(3)23-13-6-4-12(8-16)5-7-13/h4-7,11,19H,1-3H3,(H,17,20)/t11-/m0/s1. The monoisotopic (exact) mass is 364 g/mol. The first-order valence-electron chi connectivity index (χ1n) is 7.16. The molecule has 2 aromatic rings. The van der Waals surface area contributed by atoms with Gasteiger partial charge in [-0.1, -0.05) is 5.16 Å². The summed E-state index contributed by atoms with van der Waals surface area (Å²) in [7, 11) is -4.02. The number of aryl methyl sites for hydroxylation is 2. The van der Waals surface area contributed by atoms with Crippen molar-refractivity contribution >= 4 is 15.9 Å². The number of hydrogen-bond acceptors (Lipinski definition) is 7. The van der Waals surface area contributed by atoms with Gasteiger partial charge >= 0.3 is 0 Å². The third-order valence-electron chi connectivity index (χ3n) is 3.21. The zero-order chi connectivity index (χ0) is 18.6. The molecule has 0 aliphatic rings. The third kappa shape index (κ3) is 4.34. The van der Waals surface area contributed by atoms with E-state index in [1.54, 1.807) is 12.1 Å². The second-order valence-corrected chi connectivity index (χ2v) is 6.76. The molecule has 0 radical (unpaired) electrons. The predicted octanol–water partition coefficient (Wildman–Crippen LogP) is 0.940. The second kappa shape index (κ2) is 7.33.